The van der Waals surface area contributed by atoms with E-state index in [1.165, 1.54) is 31.2 Å². The number of amides is 1. The number of hydrogen-bond donors (Lipinski definition) is 1. The van der Waals surface area contributed by atoms with Crippen LogP contribution in [0.15, 0.2) is 42.5 Å². The molecule has 24 heavy (non-hydrogen) atoms. The Morgan fingerprint density at radius 2 is 1.88 bits per heavy atom. The van der Waals surface area contributed by atoms with Gasteiger partial charge in [0, 0.05) is 0 Å². The van der Waals surface area contributed by atoms with Crippen LogP contribution < -0.4 is 5.32 Å². The highest BCUT2D eigenvalue weighted by molar-refractivity contribution is 6.33. The minimum Gasteiger partial charge on any atom is -0.452 e. The second kappa shape index (κ2) is 7.88. The number of nitrogens with one attached hydrogen (secondary N) is 1. The van der Waals surface area contributed by atoms with Crippen LogP contribution in [0.1, 0.15) is 12.5 Å². The fraction of sp³-hybridized carbons (Fsp3) is 0.176. The van der Waals surface area contributed by atoms with Gasteiger partial charge in [-0.15, -0.1) is 0 Å². The van der Waals surface area contributed by atoms with E-state index in [9.17, 15) is 18.4 Å². The van der Waals surface area contributed by atoms with E-state index in [2.05, 4.69) is 5.32 Å². The van der Waals surface area contributed by atoms with Crippen molar-refractivity contribution in [2.24, 2.45) is 0 Å². The smallest absolute Gasteiger partial charge is 0.311 e. The zero-order valence-electron chi connectivity index (χ0n) is 12.7. The highest BCUT2D eigenvalue weighted by Crippen LogP contribution is 2.22. The highest BCUT2D eigenvalue weighted by atomic mass is 35.5. The second-order valence-corrected chi connectivity index (χ2v) is 5.46. The number of ether oxygens (including phenoxy) is 1. The molecule has 7 heteroatoms. The van der Waals surface area contributed by atoms with Crippen molar-refractivity contribution in [1.82, 2.24) is 0 Å². The van der Waals surface area contributed by atoms with Crippen molar-refractivity contribution in [3.8, 4) is 0 Å². The Hall–Kier alpha value is -2.47. The molecule has 0 spiro atoms. The van der Waals surface area contributed by atoms with Gasteiger partial charge in [0.05, 0.1) is 17.1 Å². The van der Waals surface area contributed by atoms with Gasteiger partial charge in [-0.2, -0.15) is 0 Å². The average Bonchev–Trinajstić information content (AvgIpc) is 2.49. The van der Waals surface area contributed by atoms with Crippen LogP contribution in [-0.4, -0.2) is 18.0 Å². The highest BCUT2D eigenvalue weighted by Gasteiger charge is 2.19. The van der Waals surface area contributed by atoms with Gasteiger partial charge in [0.15, 0.2) is 6.10 Å². The fourth-order valence-electron chi connectivity index (χ4n) is 1.93. The van der Waals surface area contributed by atoms with Crippen LogP contribution in [-0.2, 0) is 20.7 Å². The van der Waals surface area contributed by atoms with Crippen molar-refractivity contribution < 1.29 is 23.1 Å². The van der Waals surface area contributed by atoms with Crippen LogP contribution >= 0.6 is 11.6 Å². The van der Waals surface area contributed by atoms with Gasteiger partial charge in [-0.05, 0) is 42.8 Å². The minimum absolute atomic E-state index is 0.0293. The van der Waals surface area contributed by atoms with E-state index in [-0.39, 0.29) is 17.1 Å². The molecule has 0 aliphatic carbocycles. The Morgan fingerprint density at radius 1 is 1.17 bits per heavy atom. The quantitative estimate of drug-likeness (QED) is 0.833. The summed E-state index contributed by atoms with van der Waals surface area (Å²) in [6.45, 7) is 1.39. The van der Waals surface area contributed by atoms with E-state index in [1.54, 1.807) is 6.07 Å². The molecule has 4 nitrogen and oxygen atoms in total. The molecular formula is C17H14ClF2NO3. The molecule has 2 aromatic rings. The molecule has 0 aliphatic heterocycles. The normalized spacial score (nSPS) is 11.7. The van der Waals surface area contributed by atoms with E-state index in [4.69, 9.17) is 16.3 Å². The Balaban J connectivity index is 1.92. The number of benzene rings is 2. The molecule has 2 aromatic carbocycles. The van der Waals surface area contributed by atoms with Crippen LogP contribution in [0.5, 0.6) is 0 Å². The van der Waals surface area contributed by atoms with Gasteiger partial charge < -0.3 is 10.1 Å². The molecule has 2 rings (SSSR count). The van der Waals surface area contributed by atoms with Crippen LogP contribution in [0, 0.1) is 11.6 Å². The second-order valence-electron chi connectivity index (χ2n) is 5.05. The summed E-state index contributed by atoms with van der Waals surface area (Å²) in [5, 5.41) is 2.47. The number of carbonyl (C=O) groups excluding carboxylic acids is 2. The van der Waals surface area contributed by atoms with Gasteiger partial charge in [0.2, 0.25) is 0 Å². The standard InChI is InChI=1S/C17H14ClF2NO3/c1-10(17(23)21-15-6-5-13(20)9-14(15)18)24-16(22)8-11-3-2-4-12(19)7-11/h2-7,9-10H,8H2,1H3,(H,21,23)/t10-/m0/s1. The first-order valence-electron chi connectivity index (χ1n) is 7.05. The van der Waals surface area contributed by atoms with E-state index < -0.39 is 29.6 Å². The summed E-state index contributed by atoms with van der Waals surface area (Å²) in [6.07, 6.45) is -1.25. The molecule has 0 saturated heterocycles. The summed E-state index contributed by atoms with van der Waals surface area (Å²) >= 11 is 5.81. The minimum atomic E-state index is -1.09. The molecule has 0 bridgehead atoms. The molecule has 1 N–H and O–H groups in total. The first-order valence-corrected chi connectivity index (χ1v) is 7.43. The van der Waals surface area contributed by atoms with Crippen molar-refractivity contribution in [1.29, 1.82) is 0 Å². The summed E-state index contributed by atoms with van der Waals surface area (Å²) in [5.74, 6) is -2.28. The number of halogens is 3. The van der Waals surface area contributed by atoms with Gasteiger partial charge in [0.25, 0.3) is 5.91 Å². The van der Waals surface area contributed by atoms with E-state index >= 15 is 0 Å². The van der Waals surface area contributed by atoms with E-state index in [0.29, 0.717) is 5.56 Å². The lowest BCUT2D eigenvalue weighted by Crippen LogP contribution is -2.30. The summed E-state index contributed by atoms with van der Waals surface area (Å²) in [7, 11) is 0. The molecule has 0 heterocycles. The Labute approximate surface area is 142 Å². The van der Waals surface area contributed by atoms with Gasteiger partial charge in [-0.25, -0.2) is 8.78 Å². The lowest BCUT2D eigenvalue weighted by atomic mass is 10.1. The third-order valence-corrected chi connectivity index (χ3v) is 3.42. The van der Waals surface area contributed by atoms with Crippen molar-refractivity contribution in [2.45, 2.75) is 19.4 Å². The number of rotatable bonds is 5. The molecule has 0 aromatic heterocycles. The number of hydrogen-bond acceptors (Lipinski definition) is 3. The molecule has 1 atom stereocenters. The van der Waals surface area contributed by atoms with E-state index in [1.807, 2.05) is 0 Å². The Bertz CT molecular complexity index is 767. The number of carbonyl (C=O) groups is 2. The van der Waals surface area contributed by atoms with Crippen molar-refractivity contribution in [3.05, 3.63) is 64.7 Å². The van der Waals surface area contributed by atoms with Crippen LogP contribution in [0.4, 0.5) is 14.5 Å². The van der Waals surface area contributed by atoms with Crippen LogP contribution in [0.2, 0.25) is 5.02 Å². The average molecular weight is 354 g/mol. The molecule has 0 unspecified atom stereocenters. The van der Waals surface area contributed by atoms with Gasteiger partial charge >= 0.3 is 5.97 Å². The van der Waals surface area contributed by atoms with Crippen LogP contribution in [0.25, 0.3) is 0 Å². The van der Waals surface area contributed by atoms with Crippen molar-refractivity contribution in [2.75, 3.05) is 5.32 Å². The van der Waals surface area contributed by atoms with Gasteiger partial charge in [-0.1, -0.05) is 23.7 Å². The summed E-state index contributed by atoms with van der Waals surface area (Å²) < 4.78 is 31.0. The molecular weight excluding hydrogens is 340 g/mol. The first kappa shape index (κ1) is 17.9. The maximum atomic E-state index is 13.1. The largest absolute Gasteiger partial charge is 0.452 e. The summed E-state index contributed by atoms with van der Waals surface area (Å²) in [5.41, 5.74) is 0.644. The number of anilines is 1. The topological polar surface area (TPSA) is 55.4 Å². The molecule has 0 saturated carbocycles. The molecule has 0 aliphatic rings. The Morgan fingerprint density at radius 3 is 2.54 bits per heavy atom. The SMILES string of the molecule is C[C@H](OC(=O)Cc1cccc(F)c1)C(=O)Nc1ccc(F)cc1Cl. The number of esters is 1. The lowest BCUT2D eigenvalue weighted by molar-refractivity contribution is -0.152. The monoisotopic (exact) mass is 353 g/mol. The first-order chi connectivity index (χ1) is 11.3. The molecule has 1 amide bonds. The van der Waals surface area contributed by atoms with Gasteiger partial charge in [-0.3, -0.25) is 9.59 Å². The molecule has 0 radical (unpaired) electrons. The van der Waals surface area contributed by atoms with Crippen molar-refractivity contribution in [3.63, 3.8) is 0 Å². The fourth-order valence-corrected chi connectivity index (χ4v) is 2.15. The van der Waals surface area contributed by atoms with Crippen molar-refractivity contribution >= 4 is 29.2 Å². The van der Waals surface area contributed by atoms with E-state index in [0.717, 1.165) is 12.1 Å². The zero-order chi connectivity index (χ0) is 17.7. The molecule has 0 fully saturated rings. The van der Waals surface area contributed by atoms with Gasteiger partial charge in [0.1, 0.15) is 11.6 Å². The predicted molar refractivity (Wildman–Crippen MR) is 85.7 cm³/mol. The third-order valence-electron chi connectivity index (χ3n) is 3.10. The molecule has 126 valence electrons. The maximum Gasteiger partial charge on any atom is 0.311 e. The zero-order valence-corrected chi connectivity index (χ0v) is 13.4. The maximum absolute atomic E-state index is 13.1. The predicted octanol–water partition coefficient (Wildman–Crippen LogP) is 3.73. The summed E-state index contributed by atoms with van der Waals surface area (Å²) in [6, 6.07) is 9.02. The van der Waals surface area contributed by atoms with Crippen LogP contribution in [0.3, 0.4) is 0 Å². The third kappa shape index (κ3) is 5.03. The summed E-state index contributed by atoms with van der Waals surface area (Å²) in [4.78, 5) is 23.8. The Kier molecular flexibility index (Phi) is 5.87. The lowest BCUT2D eigenvalue weighted by Gasteiger charge is -2.14.